The van der Waals surface area contributed by atoms with Crippen LogP contribution in [0, 0.1) is 26.4 Å². The van der Waals surface area contributed by atoms with Crippen LogP contribution in [0.15, 0.2) is 58.2 Å². The summed E-state index contributed by atoms with van der Waals surface area (Å²) in [5, 5.41) is 18.2. The van der Waals surface area contributed by atoms with E-state index in [4.69, 9.17) is 4.84 Å². The number of hydrogen-bond acceptors (Lipinski definition) is 6. The minimum absolute atomic E-state index is 0.0886. The number of nitro benzene ring substituents is 1. The number of fused-ring (bicyclic) bond motifs is 2. The maximum absolute atomic E-state index is 13.5. The third-order valence-electron chi connectivity index (χ3n) is 7.80. The van der Waals surface area contributed by atoms with E-state index in [0.717, 1.165) is 10.9 Å². The van der Waals surface area contributed by atoms with Gasteiger partial charge in [0.1, 0.15) is 0 Å². The smallest absolute Gasteiger partial charge is 0.325 e. The molecule has 1 N–H and O–H groups in total. The number of halogens is 1. The van der Waals surface area contributed by atoms with Crippen molar-refractivity contribution in [1.82, 2.24) is 0 Å². The van der Waals surface area contributed by atoms with Gasteiger partial charge in [-0.3, -0.25) is 14.9 Å². The lowest BCUT2D eigenvalue weighted by Gasteiger charge is -2.39. The SMILES string of the molecule is CC12CCC(C(=O)Nc3cccc([N+](=O)[O-])c3)(C/C1=N\OC(=O)c1ccc(Br)cc1)C2(C)C. The molecule has 2 saturated carbocycles. The zero-order valence-electron chi connectivity index (χ0n) is 18.6. The molecule has 2 aromatic carbocycles. The molecule has 2 aliphatic rings. The highest BCUT2D eigenvalue weighted by atomic mass is 79.9. The molecule has 4 rings (SSSR count). The van der Waals surface area contributed by atoms with Gasteiger partial charge in [-0.25, -0.2) is 4.79 Å². The van der Waals surface area contributed by atoms with Crippen molar-refractivity contribution in [3.8, 4) is 0 Å². The first-order chi connectivity index (χ1) is 15.5. The monoisotopic (exact) mass is 513 g/mol. The van der Waals surface area contributed by atoms with E-state index in [1.54, 1.807) is 36.4 Å². The number of carbonyl (C=O) groups excluding carboxylic acids is 2. The van der Waals surface area contributed by atoms with Crippen LogP contribution in [0.4, 0.5) is 11.4 Å². The highest BCUT2D eigenvalue weighted by molar-refractivity contribution is 9.10. The summed E-state index contributed by atoms with van der Waals surface area (Å²) in [6.45, 7) is 6.12. The Morgan fingerprint density at radius 2 is 1.82 bits per heavy atom. The van der Waals surface area contributed by atoms with Gasteiger partial charge in [-0.15, -0.1) is 0 Å². The van der Waals surface area contributed by atoms with Crippen molar-refractivity contribution in [3.05, 3.63) is 68.7 Å². The number of nitrogens with one attached hydrogen (secondary N) is 1. The quantitative estimate of drug-likeness (QED) is 0.312. The van der Waals surface area contributed by atoms with E-state index in [1.165, 1.54) is 12.1 Å². The van der Waals surface area contributed by atoms with Crippen molar-refractivity contribution >= 4 is 44.9 Å². The average molecular weight is 514 g/mol. The van der Waals surface area contributed by atoms with Crippen molar-refractivity contribution in [1.29, 1.82) is 0 Å². The van der Waals surface area contributed by atoms with Crippen LogP contribution in [-0.2, 0) is 9.63 Å². The Balaban J connectivity index is 1.58. The molecular weight excluding hydrogens is 490 g/mol. The topological polar surface area (TPSA) is 111 Å². The van der Waals surface area contributed by atoms with Gasteiger partial charge in [-0.2, -0.15) is 0 Å². The minimum Gasteiger partial charge on any atom is -0.325 e. The Bertz CT molecular complexity index is 1180. The predicted molar refractivity (Wildman–Crippen MR) is 127 cm³/mol. The number of hydrogen-bond donors (Lipinski definition) is 1. The van der Waals surface area contributed by atoms with Crippen LogP contribution < -0.4 is 5.32 Å². The van der Waals surface area contributed by atoms with Crippen molar-refractivity contribution in [2.75, 3.05) is 5.32 Å². The molecule has 172 valence electrons. The standard InChI is InChI=1S/C24H24BrN3O5/c1-22(2)23(3)11-12-24(22,21(30)26-17-5-4-6-18(13-17)28(31)32)14-19(23)27-33-20(29)15-7-9-16(25)10-8-15/h4-10,13H,11-12,14H2,1-3H3,(H,26,30)/b27-19+. The number of anilines is 1. The van der Waals surface area contributed by atoms with E-state index in [0.29, 0.717) is 29.8 Å². The van der Waals surface area contributed by atoms with Crippen molar-refractivity contribution < 1.29 is 19.3 Å². The van der Waals surface area contributed by atoms with E-state index in [2.05, 4.69) is 33.3 Å². The average Bonchev–Trinajstić information content (AvgIpc) is 3.09. The van der Waals surface area contributed by atoms with E-state index in [1.807, 2.05) is 13.8 Å². The molecule has 9 heteroatoms. The fraction of sp³-hybridized carbons (Fsp3) is 0.375. The fourth-order valence-electron chi connectivity index (χ4n) is 5.21. The van der Waals surface area contributed by atoms with Gasteiger partial charge in [0.2, 0.25) is 5.91 Å². The number of nitrogens with zero attached hydrogens (tertiary/aromatic N) is 2. The molecule has 1 amide bonds. The summed E-state index contributed by atoms with van der Waals surface area (Å²) in [4.78, 5) is 41.8. The number of oxime groups is 1. The molecular formula is C24H24BrN3O5. The zero-order chi connectivity index (χ0) is 24.0. The van der Waals surface area contributed by atoms with Gasteiger partial charge in [0.15, 0.2) is 0 Å². The van der Waals surface area contributed by atoms with Crippen molar-refractivity contribution in [3.63, 3.8) is 0 Å². The molecule has 0 aromatic heterocycles. The molecule has 2 aromatic rings. The molecule has 2 unspecified atom stereocenters. The summed E-state index contributed by atoms with van der Waals surface area (Å²) in [6.07, 6.45) is 1.72. The second-order valence-corrected chi connectivity index (χ2v) is 10.3. The Morgan fingerprint density at radius 1 is 1.12 bits per heavy atom. The molecule has 0 spiro atoms. The van der Waals surface area contributed by atoms with Gasteiger partial charge in [-0.05, 0) is 48.6 Å². The fourth-order valence-corrected chi connectivity index (χ4v) is 5.47. The third kappa shape index (κ3) is 3.64. The van der Waals surface area contributed by atoms with Crippen molar-refractivity contribution in [2.24, 2.45) is 21.4 Å². The van der Waals surface area contributed by atoms with Crippen LogP contribution >= 0.6 is 15.9 Å². The summed E-state index contributed by atoms with van der Waals surface area (Å²) in [7, 11) is 0. The number of benzene rings is 2. The highest BCUT2D eigenvalue weighted by Gasteiger charge is 2.71. The minimum atomic E-state index is -0.769. The first-order valence-electron chi connectivity index (χ1n) is 10.6. The van der Waals surface area contributed by atoms with Crippen LogP contribution in [-0.4, -0.2) is 22.5 Å². The van der Waals surface area contributed by atoms with Crippen LogP contribution in [0.5, 0.6) is 0 Å². The van der Waals surface area contributed by atoms with Crippen LogP contribution in [0.1, 0.15) is 50.4 Å². The lowest BCUT2D eigenvalue weighted by molar-refractivity contribution is -0.384. The van der Waals surface area contributed by atoms with Crippen molar-refractivity contribution in [2.45, 2.75) is 40.0 Å². The molecule has 0 aliphatic heterocycles. The van der Waals surface area contributed by atoms with Gasteiger partial charge in [0, 0.05) is 34.1 Å². The first-order valence-corrected chi connectivity index (χ1v) is 11.4. The number of nitro groups is 1. The first kappa shape index (κ1) is 23.1. The van der Waals surface area contributed by atoms with Gasteiger partial charge in [-0.1, -0.05) is 47.9 Å². The lowest BCUT2D eigenvalue weighted by Crippen LogP contribution is -2.43. The number of rotatable bonds is 5. The maximum Gasteiger partial charge on any atom is 0.365 e. The molecule has 8 nitrogen and oxygen atoms in total. The largest absolute Gasteiger partial charge is 0.365 e. The molecule has 33 heavy (non-hydrogen) atoms. The highest BCUT2D eigenvalue weighted by Crippen LogP contribution is 2.71. The summed E-state index contributed by atoms with van der Waals surface area (Å²) in [5.74, 6) is -0.768. The van der Waals surface area contributed by atoms with E-state index >= 15 is 0 Å². The molecule has 0 heterocycles. The van der Waals surface area contributed by atoms with E-state index in [9.17, 15) is 19.7 Å². The van der Waals surface area contributed by atoms with E-state index < -0.39 is 27.1 Å². The molecule has 2 bridgehead atoms. The maximum atomic E-state index is 13.5. The Hall–Kier alpha value is -3.07. The summed E-state index contributed by atoms with van der Waals surface area (Å²) in [6, 6.07) is 12.7. The number of amides is 1. The molecule has 0 radical (unpaired) electrons. The number of carbonyl (C=O) groups is 2. The molecule has 2 atom stereocenters. The molecule has 2 aliphatic carbocycles. The van der Waals surface area contributed by atoms with Gasteiger partial charge < -0.3 is 10.2 Å². The third-order valence-corrected chi connectivity index (χ3v) is 8.33. The van der Waals surface area contributed by atoms with Crippen LogP contribution in [0.3, 0.4) is 0 Å². The number of non-ortho nitro benzene ring substituents is 1. The molecule has 0 saturated heterocycles. The van der Waals surface area contributed by atoms with Gasteiger partial charge >= 0.3 is 5.97 Å². The Kier molecular flexibility index (Phi) is 5.64. The van der Waals surface area contributed by atoms with Crippen LogP contribution in [0.2, 0.25) is 0 Å². The van der Waals surface area contributed by atoms with Crippen LogP contribution in [0.25, 0.3) is 0 Å². The van der Waals surface area contributed by atoms with E-state index in [-0.39, 0.29) is 11.6 Å². The summed E-state index contributed by atoms with van der Waals surface area (Å²) >= 11 is 3.33. The Labute approximate surface area is 199 Å². The van der Waals surface area contributed by atoms with Gasteiger partial charge in [0.25, 0.3) is 5.69 Å². The predicted octanol–water partition coefficient (Wildman–Crippen LogP) is 5.73. The second-order valence-electron chi connectivity index (χ2n) is 9.40. The second kappa shape index (κ2) is 8.06. The lowest BCUT2D eigenvalue weighted by atomic mass is 9.64. The normalized spacial score (nSPS) is 26.2. The Morgan fingerprint density at radius 3 is 2.48 bits per heavy atom. The molecule has 2 fully saturated rings. The zero-order valence-corrected chi connectivity index (χ0v) is 20.1. The van der Waals surface area contributed by atoms with Gasteiger partial charge in [0.05, 0.1) is 21.6 Å². The summed E-state index contributed by atoms with van der Waals surface area (Å²) < 4.78 is 0.851. The summed E-state index contributed by atoms with van der Waals surface area (Å²) in [5.41, 5.74) is -0.309.